The number of imide groups is 1. The third-order valence-electron chi connectivity index (χ3n) is 4.63. The predicted molar refractivity (Wildman–Crippen MR) is 89.8 cm³/mol. The standard InChI is InChI=1S/C16H17F3N4O5/c17-16(18,19)11-1-2-12(13(9-11)23(26)27)21-5-3-20(4-6-21)10-14(24)22-7-8-28-15(22)25/h1-2,9H,3-8,10H2. The number of carbonyl (C=O) groups is 2. The Morgan fingerprint density at radius 1 is 1.18 bits per heavy atom. The van der Waals surface area contributed by atoms with Crippen molar-refractivity contribution in [2.24, 2.45) is 0 Å². The van der Waals surface area contributed by atoms with E-state index in [1.54, 1.807) is 9.80 Å². The fraction of sp³-hybridized carbons (Fsp3) is 0.500. The van der Waals surface area contributed by atoms with Crippen LogP contribution in [-0.2, 0) is 15.7 Å². The summed E-state index contributed by atoms with van der Waals surface area (Å²) < 4.78 is 43.2. The van der Waals surface area contributed by atoms with Crippen LogP contribution in [0.5, 0.6) is 0 Å². The molecule has 1 aromatic rings. The number of hydrogen-bond donors (Lipinski definition) is 0. The van der Waals surface area contributed by atoms with Gasteiger partial charge in [0, 0.05) is 32.2 Å². The number of piperazine rings is 1. The lowest BCUT2D eigenvalue weighted by Gasteiger charge is -2.35. The zero-order chi connectivity index (χ0) is 20.5. The molecule has 2 aliphatic rings. The zero-order valence-corrected chi connectivity index (χ0v) is 14.6. The average molecular weight is 402 g/mol. The molecule has 0 saturated carbocycles. The highest BCUT2D eigenvalue weighted by Gasteiger charge is 2.35. The van der Waals surface area contributed by atoms with Gasteiger partial charge in [-0.3, -0.25) is 19.8 Å². The smallest absolute Gasteiger partial charge is 0.416 e. The van der Waals surface area contributed by atoms with Crippen LogP contribution in [0.15, 0.2) is 18.2 Å². The minimum atomic E-state index is -4.67. The van der Waals surface area contributed by atoms with Gasteiger partial charge in [-0.2, -0.15) is 13.2 Å². The van der Waals surface area contributed by atoms with Crippen molar-refractivity contribution in [1.82, 2.24) is 9.80 Å². The van der Waals surface area contributed by atoms with Crippen molar-refractivity contribution in [3.05, 3.63) is 33.9 Å². The van der Waals surface area contributed by atoms with E-state index in [9.17, 15) is 32.9 Å². The molecule has 2 saturated heterocycles. The molecule has 0 N–H and O–H groups in total. The Morgan fingerprint density at radius 2 is 1.86 bits per heavy atom. The van der Waals surface area contributed by atoms with E-state index in [2.05, 4.69) is 0 Å². The molecule has 0 unspecified atom stereocenters. The summed E-state index contributed by atoms with van der Waals surface area (Å²) in [6, 6.07) is 2.45. The van der Waals surface area contributed by atoms with Gasteiger partial charge in [0.15, 0.2) is 0 Å². The van der Waals surface area contributed by atoms with Gasteiger partial charge in [-0.05, 0) is 12.1 Å². The van der Waals surface area contributed by atoms with Crippen LogP contribution in [0.2, 0.25) is 0 Å². The SMILES string of the molecule is O=C(CN1CCN(c2ccc(C(F)(F)F)cc2[N+](=O)[O-])CC1)N1CCOC1=O. The van der Waals surface area contributed by atoms with Crippen LogP contribution in [0, 0.1) is 10.1 Å². The van der Waals surface area contributed by atoms with Gasteiger partial charge in [-0.15, -0.1) is 0 Å². The zero-order valence-electron chi connectivity index (χ0n) is 14.6. The molecule has 2 heterocycles. The van der Waals surface area contributed by atoms with E-state index in [1.807, 2.05) is 0 Å². The monoisotopic (exact) mass is 402 g/mol. The molecule has 2 amide bonds. The second kappa shape index (κ2) is 7.62. The van der Waals surface area contributed by atoms with Gasteiger partial charge in [0.25, 0.3) is 5.69 Å². The van der Waals surface area contributed by atoms with Gasteiger partial charge in [0.2, 0.25) is 5.91 Å². The Hall–Kier alpha value is -2.89. The molecule has 2 aliphatic heterocycles. The first-order valence-electron chi connectivity index (χ1n) is 8.47. The van der Waals surface area contributed by atoms with Crippen molar-refractivity contribution in [3.8, 4) is 0 Å². The Balaban J connectivity index is 1.65. The second-order valence-corrected chi connectivity index (χ2v) is 6.38. The molecule has 0 radical (unpaired) electrons. The minimum absolute atomic E-state index is 0.00194. The molecule has 2 fully saturated rings. The summed E-state index contributed by atoms with van der Waals surface area (Å²) in [4.78, 5) is 38.3. The number of benzene rings is 1. The molecule has 0 bridgehead atoms. The topological polar surface area (TPSA) is 96.2 Å². The number of alkyl halides is 3. The number of ether oxygens (including phenoxy) is 1. The second-order valence-electron chi connectivity index (χ2n) is 6.38. The summed E-state index contributed by atoms with van der Waals surface area (Å²) in [6.45, 7) is 1.69. The molecule has 1 aromatic carbocycles. The van der Waals surface area contributed by atoms with Crippen LogP contribution in [0.4, 0.5) is 29.3 Å². The van der Waals surface area contributed by atoms with E-state index in [0.29, 0.717) is 32.2 Å². The van der Waals surface area contributed by atoms with Crippen LogP contribution in [0.1, 0.15) is 5.56 Å². The molecule has 152 valence electrons. The maximum Gasteiger partial charge on any atom is 0.416 e. The number of amides is 2. The van der Waals surface area contributed by atoms with Gasteiger partial charge < -0.3 is 9.64 Å². The van der Waals surface area contributed by atoms with E-state index in [4.69, 9.17) is 4.74 Å². The van der Waals surface area contributed by atoms with E-state index in [0.717, 1.165) is 17.0 Å². The predicted octanol–water partition coefficient (Wildman–Crippen LogP) is 1.71. The number of anilines is 1. The summed E-state index contributed by atoms with van der Waals surface area (Å²) in [5.41, 5.74) is -1.59. The van der Waals surface area contributed by atoms with Crippen LogP contribution in [0.3, 0.4) is 0 Å². The number of hydrogen-bond acceptors (Lipinski definition) is 7. The Labute approximate surface area is 157 Å². The highest BCUT2D eigenvalue weighted by atomic mass is 19.4. The largest absolute Gasteiger partial charge is 0.447 e. The number of nitrogens with zero attached hydrogens (tertiary/aromatic N) is 4. The quantitative estimate of drug-likeness (QED) is 0.559. The number of halogens is 3. The van der Waals surface area contributed by atoms with E-state index < -0.39 is 34.4 Å². The Morgan fingerprint density at radius 3 is 2.39 bits per heavy atom. The van der Waals surface area contributed by atoms with Crippen LogP contribution in [-0.4, -0.2) is 72.6 Å². The van der Waals surface area contributed by atoms with Crippen molar-refractivity contribution < 1.29 is 32.4 Å². The maximum absolute atomic E-state index is 12.8. The maximum atomic E-state index is 12.8. The number of cyclic esters (lactones) is 1. The summed E-state index contributed by atoms with van der Waals surface area (Å²) in [6.07, 6.45) is -5.34. The molecule has 9 nitrogen and oxygen atoms in total. The van der Waals surface area contributed by atoms with E-state index in [-0.39, 0.29) is 25.4 Å². The first kappa shape index (κ1) is 19.9. The number of rotatable bonds is 4. The number of nitro benzene ring substituents is 1. The van der Waals surface area contributed by atoms with Gasteiger partial charge >= 0.3 is 12.3 Å². The lowest BCUT2D eigenvalue weighted by molar-refractivity contribution is -0.384. The van der Waals surface area contributed by atoms with Gasteiger partial charge in [-0.1, -0.05) is 0 Å². The molecular weight excluding hydrogens is 385 g/mol. The van der Waals surface area contributed by atoms with Crippen LogP contribution in [0.25, 0.3) is 0 Å². The molecule has 3 rings (SSSR count). The molecule has 0 aliphatic carbocycles. The minimum Gasteiger partial charge on any atom is -0.447 e. The van der Waals surface area contributed by atoms with Gasteiger partial charge in [0.05, 0.1) is 23.6 Å². The third-order valence-corrected chi connectivity index (χ3v) is 4.63. The lowest BCUT2D eigenvalue weighted by Crippen LogP contribution is -2.50. The van der Waals surface area contributed by atoms with Gasteiger partial charge in [0.1, 0.15) is 12.3 Å². The Bertz CT molecular complexity index is 793. The van der Waals surface area contributed by atoms with Crippen LogP contribution >= 0.6 is 0 Å². The molecule has 0 spiro atoms. The molecule has 0 atom stereocenters. The van der Waals surface area contributed by atoms with E-state index in [1.165, 1.54) is 0 Å². The van der Waals surface area contributed by atoms with Crippen molar-refractivity contribution in [2.75, 3.05) is 50.8 Å². The molecule has 28 heavy (non-hydrogen) atoms. The van der Waals surface area contributed by atoms with Gasteiger partial charge in [-0.25, -0.2) is 9.69 Å². The van der Waals surface area contributed by atoms with Crippen molar-refractivity contribution in [3.63, 3.8) is 0 Å². The lowest BCUT2D eigenvalue weighted by atomic mass is 10.1. The van der Waals surface area contributed by atoms with Crippen molar-refractivity contribution >= 4 is 23.4 Å². The average Bonchev–Trinajstić information content (AvgIpc) is 3.07. The third kappa shape index (κ3) is 4.16. The van der Waals surface area contributed by atoms with E-state index >= 15 is 0 Å². The number of carbonyl (C=O) groups excluding carboxylic acids is 2. The first-order valence-corrected chi connectivity index (χ1v) is 8.47. The number of nitro groups is 1. The van der Waals surface area contributed by atoms with Crippen LogP contribution < -0.4 is 4.90 Å². The fourth-order valence-electron chi connectivity index (χ4n) is 3.16. The normalized spacial score (nSPS) is 18.3. The van der Waals surface area contributed by atoms with Crippen molar-refractivity contribution in [1.29, 1.82) is 0 Å². The summed E-state index contributed by atoms with van der Waals surface area (Å²) in [5, 5.41) is 11.2. The Kier molecular flexibility index (Phi) is 5.40. The summed E-state index contributed by atoms with van der Waals surface area (Å²) in [5.74, 6) is -0.392. The fourth-order valence-corrected chi connectivity index (χ4v) is 3.16. The summed E-state index contributed by atoms with van der Waals surface area (Å²) >= 11 is 0. The molecule has 0 aromatic heterocycles. The first-order chi connectivity index (χ1) is 13.2. The highest BCUT2D eigenvalue weighted by Crippen LogP contribution is 2.36. The summed E-state index contributed by atoms with van der Waals surface area (Å²) in [7, 11) is 0. The molecule has 12 heteroatoms. The highest BCUT2D eigenvalue weighted by molar-refractivity contribution is 5.94. The van der Waals surface area contributed by atoms with Crippen molar-refractivity contribution in [2.45, 2.75) is 6.18 Å². The molecular formula is C16H17F3N4O5.